The first kappa shape index (κ1) is 11.1. The predicted octanol–water partition coefficient (Wildman–Crippen LogP) is 2.17. The summed E-state index contributed by atoms with van der Waals surface area (Å²) in [5, 5.41) is 9.03. The summed E-state index contributed by atoms with van der Waals surface area (Å²) in [4.78, 5) is 14.8. The zero-order chi connectivity index (χ0) is 12.4. The largest absolute Gasteiger partial charge is 0.478 e. The van der Waals surface area contributed by atoms with Crippen LogP contribution in [-0.2, 0) is 0 Å². The minimum Gasteiger partial charge on any atom is -0.478 e. The number of carbonyl (C=O) groups is 1. The molecule has 0 radical (unpaired) electrons. The molecular formula is C12H9FN2O2. The lowest BCUT2D eigenvalue weighted by Gasteiger charge is -2.08. The quantitative estimate of drug-likeness (QED) is 0.831. The van der Waals surface area contributed by atoms with Crippen LogP contribution in [0.15, 0.2) is 36.7 Å². The molecule has 86 valence electrons. The van der Waals surface area contributed by atoms with E-state index in [0.29, 0.717) is 5.56 Å². The number of rotatable bonds is 2. The van der Waals surface area contributed by atoms with Gasteiger partial charge in [-0.3, -0.25) is 4.98 Å². The van der Waals surface area contributed by atoms with Crippen molar-refractivity contribution in [2.24, 2.45) is 0 Å². The second-order valence-electron chi connectivity index (χ2n) is 3.47. The molecule has 4 nitrogen and oxygen atoms in total. The van der Waals surface area contributed by atoms with Crippen LogP contribution >= 0.6 is 0 Å². The SMILES string of the molecule is Nc1cncc(C(=O)O)c1-c1cccc(F)c1. The van der Waals surface area contributed by atoms with Gasteiger partial charge >= 0.3 is 5.97 Å². The lowest BCUT2D eigenvalue weighted by Crippen LogP contribution is -2.04. The number of nitrogen functional groups attached to an aromatic ring is 1. The third-order valence-electron chi connectivity index (χ3n) is 2.32. The minimum atomic E-state index is -1.15. The number of aromatic nitrogens is 1. The standard InChI is InChI=1S/C12H9FN2O2/c13-8-3-1-2-7(4-8)11-9(12(16)17)5-15-6-10(11)14/h1-6H,14H2,(H,16,17). The van der Waals surface area contributed by atoms with Crippen LogP contribution in [0.1, 0.15) is 10.4 Å². The molecule has 0 spiro atoms. The number of nitrogens with two attached hydrogens (primary N) is 1. The molecular weight excluding hydrogens is 223 g/mol. The lowest BCUT2D eigenvalue weighted by atomic mass is 10.00. The number of hydrogen-bond acceptors (Lipinski definition) is 3. The normalized spacial score (nSPS) is 10.2. The number of halogens is 1. The van der Waals surface area contributed by atoms with Gasteiger partial charge in [0.25, 0.3) is 0 Å². The topological polar surface area (TPSA) is 76.2 Å². The van der Waals surface area contributed by atoms with Crippen molar-refractivity contribution in [3.8, 4) is 11.1 Å². The molecule has 0 amide bonds. The van der Waals surface area contributed by atoms with Gasteiger partial charge in [0.1, 0.15) is 5.82 Å². The summed E-state index contributed by atoms with van der Waals surface area (Å²) in [7, 11) is 0. The Morgan fingerprint density at radius 3 is 2.76 bits per heavy atom. The summed E-state index contributed by atoms with van der Waals surface area (Å²) in [6, 6.07) is 5.61. The zero-order valence-corrected chi connectivity index (χ0v) is 8.72. The molecule has 0 saturated heterocycles. The van der Waals surface area contributed by atoms with Gasteiger partial charge in [0.15, 0.2) is 0 Å². The van der Waals surface area contributed by atoms with Gasteiger partial charge in [-0.1, -0.05) is 12.1 Å². The van der Waals surface area contributed by atoms with Gasteiger partial charge in [0, 0.05) is 11.8 Å². The fourth-order valence-corrected chi connectivity index (χ4v) is 1.61. The highest BCUT2D eigenvalue weighted by Crippen LogP contribution is 2.29. The second kappa shape index (κ2) is 4.21. The summed E-state index contributed by atoms with van der Waals surface area (Å²) in [5.41, 5.74) is 6.55. The Hall–Kier alpha value is -2.43. The van der Waals surface area contributed by atoms with Crippen LogP contribution in [0.2, 0.25) is 0 Å². The summed E-state index contributed by atoms with van der Waals surface area (Å²) in [5.74, 6) is -1.60. The Balaban J connectivity index is 2.70. The smallest absolute Gasteiger partial charge is 0.337 e. The van der Waals surface area contributed by atoms with E-state index < -0.39 is 11.8 Å². The third kappa shape index (κ3) is 2.08. The van der Waals surface area contributed by atoms with E-state index in [9.17, 15) is 9.18 Å². The molecule has 0 aliphatic heterocycles. The van der Waals surface area contributed by atoms with Crippen molar-refractivity contribution in [3.63, 3.8) is 0 Å². The lowest BCUT2D eigenvalue weighted by molar-refractivity contribution is 0.0697. The Bertz CT molecular complexity index is 584. The average Bonchev–Trinajstić information content (AvgIpc) is 2.28. The highest BCUT2D eigenvalue weighted by atomic mass is 19.1. The summed E-state index contributed by atoms with van der Waals surface area (Å²) in [6.45, 7) is 0. The summed E-state index contributed by atoms with van der Waals surface area (Å²) >= 11 is 0. The molecule has 0 atom stereocenters. The van der Waals surface area contributed by atoms with Crippen LogP contribution in [0.4, 0.5) is 10.1 Å². The maximum Gasteiger partial charge on any atom is 0.337 e. The van der Waals surface area contributed by atoms with E-state index in [2.05, 4.69) is 4.98 Å². The van der Waals surface area contributed by atoms with Crippen molar-refractivity contribution in [3.05, 3.63) is 48.0 Å². The molecule has 5 heteroatoms. The molecule has 0 aliphatic carbocycles. The molecule has 0 unspecified atom stereocenters. The van der Waals surface area contributed by atoms with Crippen LogP contribution in [0.3, 0.4) is 0 Å². The zero-order valence-electron chi connectivity index (χ0n) is 8.72. The number of carboxylic acids is 1. The van der Waals surface area contributed by atoms with Crippen molar-refractivity contribution < 1.29 is 14.3 Å². The van der Waals surface area contributed by atoms with Gasteiger partial charge in [-0.2, -0.15) is 0 Å². The first-order chi connectivity index (χ1) is 8.09. The molecule has 0 aliphatic rings. The van der Waals surface area contributed by atoms with Crippen molar-refractivity contribution in [2.45, 2.75) is 0 Å². The Morgan fingerprint density at radius 1 is 1.35 bits per heavy atom. The first-order valence-corrected chi connectivity index (χ1v) is 4.82. The molecule has 2 aromatic rings. The maximum absolute atomic E-state index is 13.1. The van der Waals surface area contributed by atoms with Gasteiger partial charge < -0.3 is 10.8 Å². The molecule has 0 fully saturated rings. The Kier molecular flexibility index (Phi) is 2.74. The monoisotopic (exact) mass is 232 g/mol. The Labute approximate surface area is 96.5 Å². The molecule has 2 rings (SSSR count). The fraction of sp³-hybridized carbons (Fsp3) is 0. The number of nitrogens with zero attached hydrogens (tertiary/aromatic N) is 1. The fourth-order valence-electron chi connectivity index (χ4n) is 1.61. The number of pyridine rings is 1. The van der Waals surface area contributed by atoms with Crippen LogP contribution in [-0.4, -0.2) is 16.1 Å². The Morgan fingerprint density at radius 2 is 2.12 bits per heavy atom. The van der Waals surface area contributed by atoms with E-state index in [4.69, 9.17) is 10.8 Å². The van der Waals surface area contributed by atoms with Crippen molar-refractivity contribution in [1.82, 2.24) is 4.98 Å². The van der Waals surface area contributed by atoms with E-state index in [-0.39, 0.29) is 16.8 Å². The van der Waals surface area contributed by atoms with E-state index in [1.54, 1.807) is 6.07 Å². The van der Waals surface area contributed by atoms with Crippen LogP contribution in [0, 0.1) is 5.82 Å². The van der Waals surface area contributed by atoms with Gasteiger partial charge in [0.2, 0.25) is 0 Å². The molecule has 1 aromatic carbocycles. The van der Waals surface area contributed by atoms with E-state index >= 15 is 0 Å². The number of hydrogen-bond donors (Lipinski definition) is 2. The number of aromatic carboxylic acids is 1. The van der Waals surface area contributed by atoms with Crippen molar-refractivity contribution >= 4 is 11.7 Å². The molecule has 0 saturated carbocycles. The minimum absolute atomic E-state index is 0.0457. The average molecular weight is 232 g/mol. The van der Waals surface area contributed by atoms with Crippen molar-refractivity contribution in [2.75, 3.05) is 5.73 Å². The molecule has 17 heavy (non-hydrogen) atoms. The van der Waals surface area contributed by atoms with Gasteiger partial charge in [-0.25, -0.2) is 9.18 Å². The van der Waals surface area contributed by atoms with Gasteiger partial charge in [0.05, 0.1) is 17.4 Å². The van der Waals surface area contributed by atoms with Crippen LogP contribution in [0.5, 0.6) is 0 Å². The number of anilines is 1. The maximum atomic E-state index is 13.1. The van der Waals surface area contributed by atoms with E-state index in [1.807, 2.05) is 0 Å². The van der Waals surface area contributed by atoms with Crippen LogP contribution < -0.4 is 5.73 Å². The van der Waals surface area contributed by atoms with E-state index in [1.165, 1.54) is 30.6 Å². The van der Waals surface area contributed by atoms with E-state index in [0.717, 1.165) is 0 Å². The van der Waals surface area contributed by atoms with Crippen molar-refractivity contribution in [1.29, 1.82) is 0 Å². The molecule has 1 heterocycles. The summed E-state index contributed by atoms with van der Waals surface area (Å²) in [6.07, 6.45) is 2.53. The molecule has 1 aromatic heterocycles. The summed E-state index contributed by atoms with van der Waals surface area (Å²) < 4.78 is 13.1. The van der Waals surface area contributed by atoms with Gasteiger partial charge in [-0.15, -0.1) is 0 Å². The molecule has 3 N–H and O–H groups in total. The molecule has 0 bridgehead atoms. The number of benzene rings is 1. The van der Waals surface area contributed by atoms with Crippen LogP contribution in [0.25, 0.3) is 11.1 Å². The van der Waals surface area contributed by atoms with Gasteiger partial charge in [-0.05, 0) is 17.7 Å². The highest BCUT2D eigenvalue weighted by molar-refractivity contribution is 5.99. The third-order valence-corrected chi connectivity index (χ3v) is 2.32. The predicted molar refractivity (Wildman–Crippen MR) is 61.0 cm³/mol. The second-order valence-corrected chi connectivity index (χ2v) is 3.47. The number of carboxylic acid groups (broad SMARTS) is 1. The highest BCUT2D eigenvalue weighted by Gasteiger charge is 2.15. The first-order valence-electron chi connectivity index (χ1n) is 4.82.